The lowest BCUT2D eigenvalue weighted by Crippen LogP contribution is -2.32. The van der Waals surface area contributed by atoms with Crippen LogP contribution in [0.2, 0.25) is 0 Å². The topological polar surface area (TPSA) is 49.9 Å². The minimum absolute atomic E-state index is 0.425. The average Bonchev–Trinajstić information content (AvgIpc) is 2.59. The molecule has 0 aliphatic heterocycles. The monoisotopic (exact) mass is 197 g/mol. The van der Waals surface area contributed by atoms with Crippen molar-refractivity contribution in [1.82, 2.24) is 15.5 Å². The van der Waals surface area contributed by atoms with E-state index < -0.39 is 0 Å². The maximum Gasteiger partial charge on any atom is 0.0615 e. The normalized spacial score (nSPS) is 13.1. The molecular formula is C10H19N3O. The molecule has 4 nitrogen and oxygen atoms in total. The maximum atomic E-state index is 5.11. The standard InChI is InChI=1S/C10H19N3O/c1-4-10(7-14-3)11-5-9-6-12-13-8(9)2/h6,10-11H,4-5,7H2,1-3H3,(H,12,13). The van der Waals surface area contributed by atoms with Crippen LogP contribution >= 0.6 is 0 Å². The highest BCUT2D eigenvalue weighted by Gasteiger charge is 2.06. The van der Waals surface area contributed by atoms with Crippen LogP contribution in [0.4, 0.5) is 0 Å². The Kier molecular flexibility index (Phi) is 4.62. The SMILES string of the molecule is CCC(COC)NCc1cn[nH]c1C. The van der Waals surface area contributed by atoms with Crippen molar-refractivity contribution in [3.8, 4) is 0 Å². The Morgan fingerprint density at radius 1 is 1.64 bits per heavy atom. The third-order valence-corrected chi connectivity index (χ3v) is 2.38. The van der Waals surface area contributed by atoms with Crippen molar-refractivity contribution in [1.29, 1.82) is 0 Å². The number of nitrogens with zero attached hydrogens (tertiary/aromatic N) is 1. The fraction of sp³-hybridized carbons (Fsp3) is 0.700. The van der Waals surface area contributed by atoms with Gasteiger partial charge in [-0.1, -0.05) is 6.92 Å². The van der Waals surface area contributed by atoms with Gasteiger partial charge in [-0.3, -0.25) is 5.10 Å². The molecule has 80 valence electrons. The van der Waals surface area contributed by atoms with E-state index in [9.17, 15) is 0 Å². The number of aryl methyl sites for hydroxylation is 1. The average molecular weight is 197 g/mol. The van der Waals surface area contributed by atoms with Gasteiger partial charge in [0.2, 0.25) is 0 Å². The Balaban J connectivity index is 2.35. The first kappa shape index (κ1) is 11.2. The van der Waals surface area contributed by atoms with E-state index in [-0.39, 0.29) is 0 Å². The zero-order valence-corrected chi connectivity index (χ0v) is 9.13. The number of nitrogens with one attached hydrogen (secondary N) is 2. The van der Waals surface area contributed by atoms with Crippen molar-refractivity contribution in [2.45, 2.75) is 32.9 Å². The molecule has 0 fully saturated rings. The number of ether oxygens (including phenoxy) is 1. The van der Waals surface area contributed by atoms with Crippen molar-refractivity contribution in [2.75, 3.05) is 13.7 Å². The van der Waals surface area contributed by atoms with E-state index in [2.05, 4.69) is 22.4 Å². The number of aromatic nitrogens is 2. The van der Waals surface area contributed by atoms with E-state index in [0.717, 1.165) is 25.3 Å². The van der Waals surface area contributed by atoms with Crippen molar-refractivity contribution < 1.29 is 4.74 Å². The molecule has 0 spiro atoms. The summed E-state index contributed by atoms with van der Waals surface area (Å²) in [5, 5.41) is 10.3. The second-order valence-corrected chi connectivity index (χ2v) is 3.46. The van der Waals surface area contributed by atoms with Gasteiger partial charge in [-0.25, -0.2) is 0 Å². The fourth-order valence-corrected chi connectivity index (χ4v) is 1.33. The molecule has 0 aromatic carbocycles. The molecule has 1 aromatic rings. The molecule has 0 saturated heterocycles. The smallest absolute Gasteiger partial charge is 0.0615 e. The second kappa shape index (κ2) is 5.78. The third kappa shape index (κ3) is 3.12. The largest absolute Gasteiger partial charge is 0.383 e. The number of hydrogen-bond donors (Lipinski definition) is 2. The first-order valence-corrected chi connectivity index (χ1v) is 4.99. The summed E-state index contributed by atoms with van der Waals surface area (Å²) in [5.41, 5.74) is 2.35. The van der Waals surface area contributed by atoms with Crippen LogP contribution in [0.3, 0.4) is 0 Å². The highest BCUT2D eigenvalue weighted by Crippen LogP contribution is 2.02. The lowest BCUT2D eigenvalue weighted by Gasteiger charge is -2.15. The molecule has 4 heteroatoms. The van der Waals surface area contributed by atoms with E-state index in [1.165, 1.54) is 5.56 Å². The van der Waals surface area contributed by atoms with Crippen LogP contribution in [-0.4, -0.2) is 30.0 Å². The van der Waals surface area contributed by atoms with Gasteiger partial charge in [-0.05, 0) is 13.3 Å². The molecule has 2 N–H and O–H groups in total. The van der Waals surface area contributed by atoms with E-state index in [0.29, 0.717) is 6.04 Å². The van der Waals surface area contributed by atoms with E-state index >= 15 is 0 Å². The van der Waals surface area contributed by atoms with Crippen molar-refractivity contribution >= 4 is 0 Å². The molecule has 0 radical (unpaired) electrons. The molecule has 0 aliphatic rings. The zero-order chi connectivity index (χ0) is 10.4. The summed E-state index contributed by atoms with van der Waals surface area (Å²) in [6.45, 7) is 5.79. The predicted molar refractivity (Wildman–Crippen MR) is 56.1 cm³/mol. The Hall–Kier alpha value is -0.870. The van der Waals surface area contributed by atoms with Crippen LogP contribution in [0, 0.1) is 6.92 Å². The lowest BCUT2D eigenvalue weighted by molar-refractivity contribution is 0.164. The van der Waals surface area contributed by atoms with Gasteiger partial charge in [0.05, 0.1) is 12.8 Å². The first-order valence-electron chi connectivity index (χ1n) is 4.99. The van der Waals surface area contributed by atoms with E-state index in [1.54, 1.807) is 7.11 Å². The lowest BCUT2D eigenvalue weighted by atomic mass is 10.2. The van der Waals surface area contributed by atoms with E-state index in [1.807, 2.05) is 13.1 Å². The summed E-state index contributed by atoms with van der Waals surface area (Å²) in [6, 6.07) is 0.425. The van der Waals surface area contributed by atoms with Crippen LogP contribution < -0.4 is 5.32 Å². The van der Waals surface area contributed by atoms with Gasteiger partial charge in [-0.2, -0.15) is 5.10 Å². The molecule has 0 amide bonds. The number of methoxy groups -OCH3 is 1. The maximum absolute atomic E-state index is 5.11. The Bertz CT molecular complexity index is 260. The fourth-order valence-electron chi connectivity index (χ4n) is 1.33. The number of rotatable bonds is 6. The first-order chi connectivity index (χ1) is 6.77. The molecule has 1 rings (SSSR count). The van der Waals surface area contributed by atoms with Crippen LogP contribution in [0.25, 0.3) is 0 Å². The van der Waals surface area contributed by atoms with Gasteiger partial charge >= 0.3 is 0 Å². The van der Waals surface area contributed by atoms with Crippen molar-refractivity contribution in [3.63, 3.8) is 0 Å². The van der Waals surface area contributed by atoms with Gasteiger partial charge in [0.1, 0.15) is 0 Å². The molecule has 1 atom stereocenters. The molecular weight excluding hydrogens is 178 g/mol. The van der Waals surface area contributed by atoms with Gasteiger partial charge in [0.15, 0.2) is 0 Å². The molecule has 0 bridgehead atoms. The van der Waals surface area contributed by atoms with Gasteiger partial charge < -0.3 is 10.1 Å². The molecule has 1 heterocycles. The summed E-state index contributed by atoms with van der Waals surface area (Å²) in [6.07, 6.45) is 2.94. The van der Waals surface area contributed by atoms with Crippen LogP contribution in [0.5, 0.6) is 0 Å². The third-order valence-electron chi connectivity index (χ3n) is 2.38. The van der Waals surface area contributed by atoms with E-state index in [4.69, 9.17) is 4.74 Å². The summed E-state index contributed by atoms with van der Waals surface area (Å²) in [5.74, 6) is 0. The summed E-state index contributed by atoms with van der Waals surface area (Å²) in [4.78, 5) is 0. The summed E-state index contributed by atoms with van der Waals surface area (Å²) >= 11 is 0. The summed E-state index contributed by atoms with van der Waals surface area (Å²) < 4.78 is 5.11. The Labute approximate surface area is 85.0 Å². The number of hydrogen-bond acceptors (Lipinski definition) is 3. The van der Waals surface area contributed by atoms with Crippen LogP contribution in [-0.2, 0) is 11.3 Å². The van der Waals surface area contributed by atoms with Crippen molar-refractivity contribution in [2.24, 2.45) is 0 Å². The van der Waals surface area contributed by atoms with Crippen molar-refractivity contribution in [3.05, 3.63) is 17.5 Å². The highest BCUT2D eigenvalue weighted by molar-refractivity contribution is 5.13. The van der Waals surface area contributed by atoms with Gasteiger partial charge in [0.25, 0.3) is 0 Å². The Morgan fingerprint density at radius 3 is 2.93 bits per heavy atom. The molecule has 1 aromatic heterocycles. The van der Waals surface area contributed by atoms with Gasteiger partial charge in [-0.15, -0.1) is 0 Å². The van der Waals surface area contributed by atoms with Gasteiger partial charge in [0, 0.05) is 31.0 Å². The molecule has 0 saturated carbocycles. The van der Waals surface area contributed by atoms with Crippen LogP contribution in [0.1, 0.15) is 24.6 Å². The second-order valence-electron chi connectivity index (χ2n) is 3.46. The Morgan fingerprint density at radius 2 is 2.43 bits per heavy atom. The minimum atomic E-state index is 0.425. The number of aromatic amines is 1. The molecule has 14 heavy (non-hydrogen) atoms. The highest BCUT2D eigenvalue weighted by atomic mass is 16.5. The summed E-state index contributed by atoms with van der Waals surface area (Å²) in [7, 11) is 1.73. The predicted octanol–water partition coefficient (Wildman–Crippen LogP) is 1.23. The number of H-pyrrole nitrogens is 1. The molecule has 1 unspecified atom stereocenters. The minimum Gasteiger partial charge on any atom is -0.383 e. The van der Waals surface area contributed by atoms with Crippen LogP contribution in [0.15, 0.2) is 6.20 Å². The molecule has 0 aliphatic carbocycles. The quantitative estimate of drug-likeness (QED) is 0.721. The zero-order valence-electron chi connectivity index (χ0n) is 9.13.